The Labute approximate surface area is 116 Å². The number of Topliss-reactive ketones (excluding diaryl/α,β-unsaturated/α-hetero) is 1. The van der Waals surface area contributed by atoms with Crippen LogP contribution in [0.1, 0.15) is 16.8 Å². The van der Waals surface area contributed by atoms with Gasteiger partial charge in [0, 0.05) is 20.3 Å². The first-order chi connectivity index (χ1) is 9.66. The highest BCUT2D eigenvalue weighted by molar-refractivity contribution is 6.52. The predicted molar refractivity (Wildman–Crippen MR) is 70.4 cm³/mol. The molecule has 0 spiro atoms. The first kappa shape index (κ1) is 14.6. The zero-order valence-electron chi connectivity index (χ0n) is 11.2. The van der Waals surface area contributed by atoms with Gasteiger partial charge in [0.05, 0.1) is 24.5 Å². The number of halogens is 1. The number of para-hydroxylation sites is 1. The lowest BCUT2D eigenvalue weighted by Gasteiger charge is -2.16. The molecular formula is C14H16FNO4. The Morgan fingerprint density at radius 2 is 2.00 bits per heavy atom. The second-order valence-electron chi connectivity index (χ2n) is 4.38. The van der Waals surface area contributed by atoms with E-state index in [0.717, 1.165) is 0 Å². The molecule has 1 aliphatic heterocycles. The zero-order valence-corrected chi connectivity index (χ0v) is 11.2. The van der Waals surface area contributed by atoms with E-state index in [1.54, 1.807) is 7.11 Å². The first-order valence-electron chi connectivity index (χ1n) is 6.38. The topological polar surface area (TPSA) is 55.8 Å². The summed E-state index contributed by atoms with van der Waals surface area (Å²) in [5.41, 5.74) is 0.217. The summed E-state index contributed by atoms with van der Waals surface area (Å²) in [5.74, 6) is -1.89. The van der Waals surface area contributed by atoms with Crippen LogP contribution < -0.4 is 4.90 Å². The lowest BCUT2D eigenvalue weighted by molar-refractivity contribution is -0.114. The van der Waals surface area contributed by atoms with Gasteiger partial charge in [-0.05, 0) is 18.6 Å². The van der Waals surface area contributed by atoms with Gasteiger partial charge in [-0.15, -0.1) is 0 Å². The van der Waals surface area contributed by atoms with Crippen molar-refractivity contribution < 1.29 is 23.5 Å². The predicted octanol–water partition coefficient (Wildman–Crippen LogP) is 1.41. The molecular weight excluding hydrogens is 265 g/mol. The summed E-state index contributed by atoms with van der Waals surface area (Å²) in [6.07, 6.45) is 0.524. The van der Waals surface area contributed by atoms with Crippen molar-refractivity contribution >= 4 is 17.4 Å². The molecule has 2 rings (SSSR count). The van der Waals surface area contributed by atoms with E-state index in [9.17, 15) is 14.0 Å². The second-order valence-corrected chi connectivity index (χ2v) is 4.38. The van der Waals surface area contributed by atoms with Crippen molar-refractivity contribution in [3.05, 3.63) is 29.6 Å². The van der Waals surface area contributed by atoms with E-state index >= 15 is 0 Å². The summed E-state index contributed by atoms with van der Waals surface area (Å²) in [4.78, 5) is 24.7. The van der Waals surface area contributed by atoms with E-state index in [1.807, 2.05) is 0 Å². The summed E-state index contributed by atoms with van der Waals surface area (Å²) >= 11 is 0. The maximum Gasteiger partial charge on any atom is 0.299 e. The van der Waals surface area contributed by atoms with E-state index in [0.29, 0.717) is 26.2 Å². The van der Waals surface area contributed by atoms with E-state index in [4.69, 9.17) is 9.47 Å². The highest BCUT2D eigenvalue weighted by atomic mass is 19.1. The molecule has 0 aromatic heterocycles. The van der Waals surface area contributed by atoms with Gasteiger partial charge in [-0.1, -0.05) is 6.07 Å². The number of fused-ring (bicyclic) bond motifs is 1. The molecule has 1 aliphatic rings. The minimum absolute atomic E-state index is 0.0828. The van der Waals surface area contributed by atoms with Gasteiger partial charge in [0.1, 0.15) is 5.82 Å². The zero-order chi connectivity index (χ0) is 14.5. The molecule has 0 atom stereocenters. The number of methoxy groups -OCH3 is 1. The number of anilines is 1. The minimum Gasteiger partial charge on any atom is -0.382 e. The molecule has 0 unspecified atom stereocenters. The Balaban J connectivity index is 1.96. The molecule has 0 N–H and O–H groups in total. The van der Waals surface area contributed by atoms with Gasteiger partial charge in [-0.2, -0.15) is 0 Å². The first-order valence-corrected chi connectivity index (χ1v) is 6.38. The quantitative estimate of drug-likeness (QED) is 0.560. The van der Waals surface area contributed by atoms with Gasteiger partial charge in [0.2, 0.25) is 0 Å². The summed E-state index contributed by atoms with van der Waals surface area (Å²) < 4.78 is 23.9. The molecule has 6 heteroatoms. The third-order valence-corrected chi connectivity index (χ3v) is 3.04. The maximum atomic E-state index is 13.8. The molecule has 0 saturated heterocycles. The fourth-order valence-electron chi connectivity index (χ4n) is 2.09. The van der Waals surface area contributed by atoms with Crippen molar-refractivity contribution in [1.29, 1.82) is 0 Å². The number of ether oxygens (including phenoxy) is 2. The molecule has 1 heterocycles. The van der Waals surface area contributed by atoms with E-state index in [1.165, 1.54) is 23.1 Å². The van der Waals surface area contributed by atoms with Crippen molar-refractivity contribution in [2.24, 2.45) is 0 Å². The van der Waals surface area contributed by atoms with Crippen LogP contribution in [0, 0.1) is 5.82 Å². The molecule has 0 aliphatic carbocycles. The van der Waals surface area contributed by atoms with Crippen LogP contribution >= 0.6 is 0 Å². The van der Waals surface area contributed by atoms with Crippen LogP contribution in [0.2, 0.25) is 0 Å². The average Bonchev–Trinajstić information content (AvgIpc) is 2.69. The molecule has 1 aromatic carbocycles. The van der Waals surface area contributed by atoms with Crippen LogP contribution in [-0.4, -0.2) is 45.2 Å². The van der Waals surface area contributed by atoms with Gasteiger partial charge in [-0.3, -0.25) is 9.59 Å². The second kappa shape index (κ2) is 6.58. The van der Waals surface area contributed by atoms with E-state index < -0.39 is 17.5 Å². The molecule has 0 fully saturated rings. The number of rotatable bonds is 7. The number of hydrogen-bond donors (Lipinski definition) is 0. The Kier molecular flexibility index (Phi) is 4.81. The molecule has 20 heavy (non-hydrogen) atoms. The maximum absolute atomic E-state index is 13.8. The van der Waals surface area contributed by atoms with E-state index in [-0.39, 0.29) is 17.8 Å². The monoisotopic (exact) mass is 281 g/mol. The number of amides is 1. The summed E-state index contributed by atoms with van der Waals surface area (Å²) in [5, 5.41) is 0. The molecule has 1 aromatic rings. The number of ketones is 1. The molecule has 0 saturated carbocycles. The van der Waals surface area contributed by atoms with Crippen molar-refractivity contribution in [2.45, 2.75) is 6.42 Å². The highest BCUT2D eigenvalue weighted by Gasteiger charge is 2.37. The highest BCUT2D eigenvalue weighted by Crippen LogP contribution is 2.31. The standard InChI is InChI=1S/C14H16FNO4/c1-19-8-9-20-7-3-6-16-12-10(13(17)14(16)18)4-2-5-11(12)15/h2,4-5H,3,6-9H2,1H3. The third-order valence-electron chi connectivity index (χ3n) is 3.04. The van der Waals surface area contributed by atoms with Gasteiger partial charge in [0.15, 0.2) is 0 Å². The van der Waals surface area contributed by atoms with Crippen molar-refractivity contribution in [2.75, 3.05) is 38.4 Å². The van der Waals surface area contributed by atoms with Crippen molar-refractivity contribution in [3.63, 3.8) is 0 Å². The Morgan fingerprint density at radius 3 is 2.75 bits per heavy atom. The molecule has 108 valence electrons. The molecule has 0 radical (unpaired) electrons. The van der Waals surface area contributed by atoms with Crippen LogP contribution in [0.25, 0.3) is 0 Å². The summed E-state index contributed by atoms with van der Waals surface area (Å²) in [6.45, 7) is 1.64. The average molecular weight is 281 g/mol. The van der Waals surface area contributed by atoms with Crippen LogP contribution in [0.4, 0.5) is 10.1 Å². The number of carbonyl (C=O) groups excluding carboxylic acids is 2. The molecule has 0 bridgehead atoms. The van der Waals surface area contributed by atoms with Crippen LogP contribution in [0.5, 0.6) is 0 Å². The number of benzene rings is 1. The van der Waals surface area contributed by atoms with Crippen LogP contribution in [0.15, 0.2) is 18.2 Å². The van der Waals surface area contributed by atoms with Crippen molar-refractivity contribution in [3.8, 4) is 0 Å². The SMILES string of the molecule is COCCOCCCN1C(=O)C(=O)c2cccc(F)c21. The van der Waals surface area contributed by atoms with Gasteiger partial charge >= 0.3 is 0 Å². The number of carbonyl (C=O) groups is 2. The van der Waals surface area contributed by atoms with Gasteiger partial charge in [-0.25, -0.2) is 4.39 Å². The fraction of sp³-hybridized carbons (Fsp3) is 0.429. The summed E-state index contributed by atoms with van der Waals surface area (Å²) in [7, 11) is 1.58. The smallest absolute Gasteiger partial charge is 0.299 e. The fourth-order valence-corrected chi connectivity index (χ4v) is 2.09. The molecule has 1 amide bonds. The van der Waals surface area contributed by atoms with Gasteiger partial charge < -0.3 is 14.4 Å². The number of hydrogen-bond acceptors (Lipinski definition) is 4. The lowest BCUT2D eigenvalue weighted by atomic mass is 10.1. The Morgan fingerprint density at radius 1 is 1.20 bits per heavy atom. The Bertz CT molecular complexity index is 518. The van der Waals surface area contributed by atoms with Crippen LogP contribution in [0.3, 0.4) is 0 Å². The van der Waals surface area contributed by atoms with E-state index in [2.05, 4.69) is 0 Å². The summed E-state index contributed by atoms with van der Waals surface area (Å²) in [6, 6.07) is 4.14. The van der Waals surface area contributed by atoms with Gasteiger partial charge in [0.25, 0.3) is 11.7 Å². The number of nitrogens with zero attached hydrogens (tertiary/aromatic N) is 1. The minimum atomic E-state index is -0.679. The molecule has 5 nitrogen and oxygen atoms in total. The van der Waals surface area contributed by atoms with Crippen molar-refractivity contribution in [1.82, 2.24) is 0 Å². The normalized spacial score (nSPS) is 14.0. The van der Waals surface area contributed by atoms with Crippen LogP contribution in [-0.2, 0) is 14.3 Å². The Hall–Kier alpha value is -1.79. The lowest BCUT2D eigenvalue weighted by Crippen LogP contribution is -2.31. The third kappa shape index (κ3) is 2.86. The largest absolute Gasteiger partial charge is 0.382 e.